The minimum absolute atomic E-state index is 0.00279. The van der Waals surface area contributed by atoms with Gasteiger partial charge in [0.05, 0.1) is 77.1 Å². The quantitative estimate of drug-likeness (QED) is 0.0207. The maximum Gasteiger partial charge on any atom is 0.495 e. The minimum Gasteiger partial charge on any atom is -0.457 e. The first kappa shape index (κ1) is 113. The molecule has 10 aromatic rings. The summed E-state index contributed by atoms with van der Waals surface area (Å²) < 4.78 is 134. The van der Waals surface area contributed by atoms with Crippen LogP contribution in [0.2, 0.25) is 0 Å². The monoisotopic (exact) mass is 1960 g/mol. The highest BCUT2D eigenvalue weighted by Gasteiger charge is 2.52. The fourth-order valence-corrected chi connectivity index (χ4v) is 15.0. The second kappa shape index (κ2) is 57.8. The molecule has 2 N–H and O–H groups in total. The molecule has 35 heteroatoms. The van der Waals surface area contributed by atoms with Crippen molar-refractivity contribution in [2.75, 3.05) is 72.7 Å². The number of nitrogens with zero attached hydrogens (tertiary/aromatic N) is 5. The van der Waals surface area contributed by atoms with E-state index in [4.69, 9.17) is 141 Å². The molecule has 0 spiro atoms. The van der Waals surface area contributed by atoms with Crippen molar-refractivity contribution in [2.24, 2.45) is 5.41 Å². The average Bonchev–Trinajstić information content (AvgIpc) is 1.61. The van der Waals surface area contributed by atoms with Gasteiger partial charge in [-0.15, -0.1) is 0 Å². The van der Waals surface area contributed by atoms with Crippen molar-refractivity contribution in [3.05, 3.63) is 297 Å². The zero-order valence-electron chi connectivity index (χ0n) is 84.6. The van der Waals surface area contributed by atoms with Crippen LogP contribution in [0, 0.1) is 38.3 Å². The van der Waals surface area contributed by atoms with Crippen LogP contribution in [0.25, 0.3) is 24.2 Å². The van der Waals surface area contributed by atoms with Crippen LogP contribution in [0.1, 0.15) is 163 Å². The molecule has 0 amide bonds. The predicted octanol–water partition coefficient (Wildman–Crippen LogP) is 21.2. The van der Waals surface area contributed by atoms with E-state index in [0.717, 1.165) is 82.6 Å². The summed E-state index contributed by atoms with van der Waals surface area (Å²) >= 11 is 0. The number of hydrogen-bond donors (Lipinski definition) is 2. The second-order valence-corrected chi connectivity index (χ2v) is 35.6. The molecule has 30 nitrogen and oxygen atoms in total. The van der Waals surface area contributed by atoms with Gasteiger partial charge < -0.3 is 118 Å². The molecule has 0 aliphatic carbocycles. The Balaban J connectivity index is 0.000000172. The molecule has 144 heavy (non-hydrogen) atoms. The molecular weight excluding hydrogens is 1830 g/mol. The first-order valence-corrected chi connectivity index (χ1v) is 48.6. The first-order valence-electron chi connectivity index (χ1n) is 48.6. The Morgan fingerprint density at radius 3 is 0.861 bits per heavy atom. The van der Waals surface area contributed by atoms with Crippen molar-refractivity contribution in [3.8, 4) is 57.5 Å². The molecule has 5 atom stereocenters. The van der Waals surface area contributed by atoms with Gasteiger partial charge in [-0.25, -0.2) is 24.2 Å². The van der Waals surface area contributed by atoms with Gasteiger partial charge in [0, 0.05) is 78.1 Å². The maximum absolute atomic E-state index is 9.58. The lowest BCUT2D eigenvalue weighted by Gasteiger charge is -2.33. The van der Waals surface area contributed by atoms with E-state index in [2.05, 4.69) is 38.1 Å². The molecule has 5 aliphatic rings. The van der Waals surface area contributed by atoms with E-state index in [1.807, 2.05) is 156 Å². The van der Waals surface area contributed by atoms with E-state index >= 15 is 0 Å². The minimum atomic E-state index is -1.59. The predicted molar refractivity (Wildman–Crippen MR) is 553 cm³/mol. The molecule has 5 saturated heterocycles. The standard InChI is InChI=1S/C24H30BNO5.C23H28BNO5.C22H26BNO5.C21H24BNO5.C19H20BNO5/c1-8-27-17(2)28-16-18-15-21(29-20-11-9-19(26-7)10-12-20)13-14-22(18)25-30-23(3,4)24(5,6)31-25;1-6-26-17(2)27-14-18-13-21(30-20-9-7-19(25-5)8-10-20)11-12-22(18)24-28-15-23(3,4)16-29-24;1-4-25-17(2)26-16-18-15-21(29-20-9-7-19(24-3)8-10-20)11-12-22(18)23-27-13-5-6-14-28-23;1-4-24-16(2)25-15-17-14-20(28-19-8-6-18(23-3)7-9-19)10-11-21(17)22-26-12-5-13-27-22;1-21-15-5-7-16(8-6-15)26-17-9-10-18(20(22)23)14(12-17)13-25-19-4-2-3-11-24-19/h9-15,17H,8,16H2,1-6H3;7-13,17H,6,14-16H2,1-4H3;7-12,15,17H,4-6,13-14,16H2,1-2H3;6-11,14,16H,4-5,12-13,15H2,1-2H3;5-10,12,19,22-23H,2-4,11,13H2. The smallest absolute Gasteiger partial charge is 0.457 e. The van der Waals surface area contributed by atoms with Crippen LogP contribution in [0.15, 0.2) is 212 Å². The third-order valence-electron chi connectivity index (χ3n) is 23.3. The van der Waals surface area contributed by atoms with Crippen molar-refractivity contribution in [1.29, 1.82) is 0 Å². The second-order valence-electron chi connectivity index (χ2n) is 35.6. The third-order valence-corrected chi connectivity index (χ3v) is 23.3. The maximum atomic E-state index is 9.58. The Hall–Kier alpha value is -11.8. The lowest BCUT2D eigenvalue weighted by atomic mass is 9.73. The summed E-state index contributed by atoms with van der Waals surface area (Å²) in [5.41, 5.74) is 10.3. The molecule has 5 aliphatic heterocycles. The Morgan fingerprint density at radius 2 is 0.583 bits per heavy atom. The molecule has 0 saturated carbocycles. The van der Waals surface area contributed by atoms with E-state index in [1.165, 1.54) is 0 Å². The van der Waals surface area contributed by atoms with Gasteiger partial charge in [-0.1, -0.05) is 105 Å². The Bertz CT molecular complexity index is 5820. The zero-order chi connectivity index (χ0) is 103. The van der Waals surface area contributed by atoms with Gasteiger partial charge in [0.25, 0.3) is 0 Å². The van der Waals surface area contributed by atoms with Gasteiger partial charge in [-0.2, -0.15) is 0 Å². The van der Waals surface area contributed by atoms with E-state index in [-0.39, 0.29) is 43.5 Å². The molecular formula is C109H128B5N5O25. The molecule has 0 bridgehead atoms. The molecule has 10 aromatic carbocycles. The van der Waals surface area contributed by atoms with Crippen LogP contribution in [-0.4, -0.2) is 161 Å². The van der Waals surface area contributed by atoms with Crippen LogP contribution >= 0.6 is 0 Å². The number of ether oxygens (including phenoxy) is 15. The highest BCUT2D eigenvalue weighted by atomic mass is 16.7. The fourth-order valence-electron chi connectivity index (χ4n) is 15.0. The molecule has 5 heterocycles. The van der Waals surface area contributed by atoms with Crippen LogP contribution in [0.3, 0.4) is 0 Å². The van der Waals surface area contributed by atoms with Crippen molar-refractivity contribution in [2.45, 2.75) is 211 Å². The third kappa shape index (κ3) is 35.8. The van der Waals surface area contributed by atoms with E-state index in [9.17, 15) is 10.0 Å². The molecule has 754 valence electrons. The summed E-state index contributed by atoms with van der Waals surface area (Å²) in [4.78, 5) is 16.9. The average molecular weight is 1960 g/mol. The number of hydrogen-bond acceptors (Lipinski definition) is 25. The van der Waals surface area contributed by atoms with E-state index in [0.29, 0.717) is 196 Å². The van der Waals surface area contributed by atoms with Gasteiger partial charge in [0.2, 0.25) is 0 Å². The van der Waals surface area contributed by atoms with Crippen LogP contribution in [0.5, 0.6) is 57.5 Å². The van der Waals surface area contributed by atoms with Gasteiger partial charge in [-0.05, 0) is 298 Å². The van der Waals surface area contributed by atoms with E-state index in [1.54, 1.807) is 140 Å². The van der Waals surface area contributed by atoms with Gasteiger partial charge >= 0.3 is 35.6 Å². The normalized spacial score (nSPS) is 16.4. The summed E-state index contributed by atoms with van der Waals surface area (Å²) in [5.74, 6) is 6.50. The number of benzene rings is 10. The number of rotatable bonds is 38. The molecule has 5 unspecified atom stereocenters. The largest absolute Gasteiger partial charge is 0.495 e. The molecule has 0 radical (unpaired) electrons. The van der Waals surface area contributed by atoms with Crippen LogP contribution in [0.4, 0.5) is 28.4 Å². The lowest BCUT2D eigenvalue weighted by molar-refractivity contribution is -0.168. The van der Waals surface area contributed by atoms with E-state index < -0.39 is 46.8 Å². The molecule has 0 aromatic heterocycles. The summed E-state index contributed by atoms with van der Waals surface area (Å²) in [5, 5.41) is 19.2. The van der Waals surface area contributed by atoms with Gasteiger partial charge in [-0.3, -0.25) is 0 Å². The summed E-state index contributed by atoms with van der Waals surface area (Å²) in [6.45, 7) is 71.3. The van der Waals surface area contributed by atoms with Crippen molar-refractivity contribution in [1.82, 2.24) is 0 Å². The van der Waals surface area contributed by atoms with Crippen LogP contribution < -0.4 is 51.0 Å². The Labute approximate surface area is 848 Å². The van der Waals surface area contributed by atoms with Crippen molar-refractivity contribution < 1.29 is 118 Å². The summed E-state index contributed by atoms with van der Waals surface area (Å²) in [6, 6.07) is 63.0. The summed E-state index contributed by atoms with van der Waals surface area (Å²) in [7, 11) is -3.34. The van der Waals surface area contributed by atoms with Crippen molar-refractivity contribution in [3.63, 3.8) is 0 Å². The highest BCUT2D eigenvalue weighted by Crippen LogP contribution is 2.39. The first-order chi connectivity index (χ1) is 69.6. The molecule has 15 rings (SSSR count). The van der Waals surface area contributed by atoms with Crippen molar-refractivity contribution >= 4 is 91.3 Å². The Morgan fingerprint density at radius 1 is 0.319 bits per heavy atom. The zero-order valence-corrected chi connectivity index (χ0v) is 84.6. The van der Waals surface area contributed by atoms with Gasteiger partial charge in [0.15, 0.2) is 59.9 Å². The topological polar surface area (TPSA) is 275 Å². The highest BCUT2D eigenvalue weighted by molar-refractivity contribution is 6.63. The SMILES string of the molecule is [C-]#[N+]c1ccc(Oc2ccc(B(O)O)c(COC3CCCCO3)c2)cc1.[C-]#[N+]c1ccc(Oc2ccc(B3OC(C)(C)C(C)(C)O3)c(COC(C)OCC)c2)cc1.[C-]#[N+]c1ccc(Oc2ccc(B3OCC(C)(C)CO3)c(COC(C)OCC)c2)cc1.[C-]#[N+]c1ccc(Oc2ccc(B3OCCCCO3)c(COC(C)OCC)c2)cc1.[C-]#[N+]c1ccc(Oc2ccc(B3OCCCO3)c(COC(C)OCC)c2)cc1. The molecule has 5 fully saturated rings. The van der Waals surface area contributed by atoms with Crippen LogP contribution in [-0.2, 0) is 118 Å². The van der Waals surface area contributed by atoms with Gasteiger partial charge in [0.1, 0.15) is 57.5 Å². The summed E-state index contributed by atoms with van der Waals surface area (Å²) in [6.07, 6.45) is 4.27. The lowest BCUT2D eigenvalue weighted by Crippen LogP contribution is -2.48. The Kier molecular flexibility index (Phi) is 45.1. The fraction of sp³-hybridized carbons (Fsp3) is 0.404.